The van der Waals surface area contributed by atoms with Gasteiger partial charge in [0.1, 0.15) is 6.42 Å². The van der Waals surface area contributed by atoms with E-state index in [1.165, 1.54) is 0 Å². The molecule has 0 aliphatic rings. The molecule has 92 valence electrons. The predicted octanol–water partition coefficient (Wildman–Crippen LogP) is -0.880. The number of carbonyl (C=O) groups is 1. The van der Waals surface area contributed by atoms with E-state index in [0.717, 1.165) is 0 Å². The van der Waals surface area contributed by atoms with E-state index in [1.807, 2.05) is 4.90 Å². The zero-order chi connectivity index (χ0) is 12.2. The van der Waals surface area contributed by atoms with Gasteiger partial charge in [0.15, 0.2) is 0 Å². The monoisotopic (exact) mass is 230 g/mol. The lowest BCUT2D eigenvalue weighted by Gasteiger charge is -2.19. The topological polar surface area (TPSA) is 93.8 Å². The zero-order valence-electron chi connectivity index (χ0n) is 9.26. The summed E-state index contributed by atoms with van der Waals surface area (Å²) in [6.07, 6.45) is 0.397. The first-order chi connectivity index (χ1) is 7.74. The van der Waals surface area contributed by atoms with Gasteiger partial charge >= 0.3 is 5.97 Å². The van der Waals surface area contributed by atoms with E-state index in [4.69, 9.17) is 20.2 Å². The van der Waals surface area contributed by atoms with Crippen LogP contribution in [0.2, 0.25) is 0 Å². The van der Waals surface area contributed by atoms with Crippen molar-refractivity contribution in [3.05, 3.63) is 0 Å². The van der Waals surface area contributed by atoms with Crippen LogP contribution in [0.1, 0.15) is 12.8 Å². The lowest BCUT2D eigenvalue weighted by molar-refractivity contribution is -0.142. The summed E-state index contributed by atoms with van der Waals surface area (Å²) in [6, 6.07) is 1.71. The third kappa shape index (κ3) is 8.17. The summed E-state index contributed by atoms with van der Waals surface area (Å²) in [4.78, 5) is 12.7. The molecule has 0 bridgehead atoms. The number of nitrogens with zero attached hydrogens (tertiary/aromatic N) is 2. The van der Waals surface area contributed by atoms with Crippen molar-refractivity contribution in [2.24, 2.45) is 0 Å². The Hall–Kier alpha value is -1.16. The molecule has 0 heterocycles. The van der Waals surface area contributed by atoms with Crippen molar-refractivity contribution in [3.63, 3.8) is 0 Å². The molecule has 2 N–H and O–H groups in total. The van der Waals surface area contributed by atoms with Crippen LogP contribution in [-0.2, 0) is 9.53 Å². The number of carbonyl (C=O) groups excluding carboxylic acids is 1. The molecule has 0 saturated heterocycles. The highest BCUT2D eigenvalue weighted by atomic mass is 16.5. The Morgan fingerprint density at radius 2 is 1.88 bits per heavy atom. The maximum atomic E-state index is 10.8. The van der Waals surface area contributed by atoms with Crippen LogP contribution in [0.5, 0.6) is 0 Å². The van der Waals surface area contributed by atoms with Crippen molar-refractivity contribution in [2.75, 3.05) is 39.5 Å². The lowest BCUT2D eigenvalue weighted by atomic mass is 10.4. The molecule has 0 atom stereocenters. The fourth-order valence-corrected chi connectivity index (χ4v) is 1.21. The average molecular weight is 230 g/mol. The summed E-state index contributed by atoms with van der Waals surface area (Å²) >= 11 is 0. The summed E-state index contributed by atoms with van der Waals surface area (Å²) < 4.78 is 4.78. The van der Waals surface area contributed by atoms with Crippen LogP contribution < -0.4 is 0 Å². The Balaban J connectivity index is 3.54. The van der Waals surface area contributed by atoms with Crippen LogP contribution in [-0.4, -0.2) is 60.5 Å². The summed E-state index contributed by atoms with van der Waals surface area (Å²) in [5.74, 6) is -0.515. The molecule has 0 spiro atoms. The molecule has 0 aliphatic heterocycles. The van der Waals surface area contributed by atoms with E-state index in [9.17, 15) is 4.79 Å². The SMILES string of the molecule is N#CCC(=O)OCCCN(CCO)CCO. The van der Waals surface area contributed by atoms with Crippen molar-refractivity contribution >= 4 is 5.97 Å². The van der Waals surface area contributed by atoms with Gasteiger partial charge in [-0.1, -0.05) is 0 Å². The number of hydrogen-bond acceptors (Lipinski definition) is 6. The van der Waals surface area contributed by atoms with E-state index in [-0.39, 0.29) is 26.2 Å². The van der Waals surface area contributed by atoms with Crippen molar-refractivity contribution in [1.29, 1.82) is 5.26 Å². The Morgan fingerprint density at radius 1 is 1.25 bits per heavy atom. The van der Waals surface area contributed by atoms with Crippen molar-refractivity contribution in [3.8, 4) is 6.07 Å². The van der Waals surface area contributed by atoms with Gasteiger partial charge in [-0.15, -0.1) is 0 Å². The van der Waals surface area contributed by atoms with Crippen LogP contribution in [0.15, 0.2) is 0 Å². The molecule has 0 unspecified atom stereocenters. The molecule has 6 heteroatoms. The fraction of sp³-hybridized carbons (Fsp3) is 0.800. The van der Waals surface area contributed by atoms with E-state index in [1.54, 1.807) is 6.07 Å². The quantitative estimate of drug-likeness (QED) is 0.394. The molecule has 0 aromatic carbocycles. The van der Waals surface area contributed by atoms with Crippen LogP contribution >= 0.6 is 0 Å². The van der Waals surface area contributed by atoms with Crippen molar-refractivity contribution in [1.82, 2.24) is 4.90 Å². The number of aliphatic hydroxyl groups is 2. The molecule has 0 radical (unpaired) electrons. The standard InChI is InChI=1S/C10H18N2O4/c11-3-2-10(15)16-9-1-4-12(5-7-13)6-8-14/h13-14H,1-2,4-9H2. The van der Waals surface area contributed by atoms with E-state index in [0.29, 0.717) is 26.1 Å². The van der Waals surface area contributed by atoms with Gasteiger partial charge in [-0.2, -0.15) is 5.26 Å². The first kappa shape index (κ1) is 14.8. The molecule has 6 nitrogen and oxygen atoms in total. The molecule has 0 saturated carbocycles. The van der Waals surface area contributed by atoms with Crippen molar-refractivity contribution < 1.29 is 19.7 Å². The maximum Gasteiger partial charge on any atom is 0.320 e. The van der Waals surface area contributed by atoms with Crippen LogP contribution in [0.4, 0.5) is 0 Å². The Labute approximate surface area is 95.0 Å². The third-order valence-electron chi connectivity index (χ3n) is 1.94. The van der Waals surface area contributed by atoms with Gasteiger partial charge in [0, 0.05) is 19.6 Å². The number of nitriles is 1. The fourth-order valence-electron chi connectivity index (χ4n) is 1.21. The summed E-state index contributed by atoms with van der Waals surface area (Å²) in [5.41, 5.74) is 0. The minimum Gasteiger partial charge on any atom is -0.465 e. The largest absolute Gasteiger partial charge is 0.465 e. The van der Waals surface area contributed by atoms with Gasteiger partial charge in [0.25, 0.3) is 0 Å². The Bertz CT molecular complexity index is 221. The van der Waals surface area contributed by atoms with Gasteiger partial charge in [-0.05, 0) is 6.42 Å². The van der Waals surface area contributed by atoms with Crippen LogP contribution in [0.3, 0.4) is 0 Å². The van der Waals surface area contributed by atoms with Gasteiger partial charge in [0.05, 0.1) is 25.9 Å². The second kappa shape index (κ2) is 10.4. The first-order valence-corrected chi connectivity index (χ1v) is 5.21. The number of esters is 1. The molecular weight excluding hydrogens is 212 g/mol. The van der Waals surface area contributed by atoms with Gasteiger partial charge in [-0.25, -0.2) is 0 Å². The second-order valence-electron chi connectivity index (χ2n) is 3.20. The number of rotatable bonds is 9. The average Bonchev–Trinajstić information content (AvgIpc) is 2.25. The molecule has 16 heavy (non-hydrogen) atoms. The first-order valence-electron chi connectivity index (χ1n) is 5.21. The molecular formula is C10H18N2O4. The smallest absolute Gasteiger partial charge is 0.320 e. The van der Waals surface area contributed by atoms with Crippen molar-refractivity contribution in [2.45, 2.75) is 12.8 Å². The molecule has 0 fully saturated rings. The maximum absolute atomic E-state index is 10.8. The highest BCUT2D eigenvalue weighted by molar-refractivity contribution is 5.71. The second-order valence-corrected chi connectivity index (χ2v) is 3.20. The summed E-state index contributed by atoms with van der Waals surface area (Å²) in [5, 5.41) is 25.7. The summed E-state index contributed by atoms with van der Waals surface area (Å²) in [6.45, 7) is 1.96. The number of aliphatic hydroxyl groups excluding tert-OH is 2. The lowest BCUT2D eigenvalue weighted by Crippen LogP contribution is -2.31. The van der Waals surface area contributed by atoms with Gasteiger partial charge in [-0.3, -0.25) is 9.69 Å². The number of ether oxygens (including phenoxy) is 1. The molecule has 0 aliphatic carbocycles. The van der Waals surface area contributed by atoms with Crippen LogP contribution in [0, 0.1) is 11.3 Å². The minimum atomic E-state index is -0.515. The van der Waals surface area contributed by atoms with E-state index < -0.39 is 5.97 Å². The third-order valence-corrected chi connectivity index (χ3v) is 1.94. The Morgan fingerprint density at radius 3 is 2.38 bits per heavy atom. The van der Waals surface area contributed by atoms with E-state index in [2.05, 4.69) is 0 Å². The molecule has 0 amide bonds. The predicted molar refractivity (Wildman–Crippen MR) is 56.4 cm³/mol. The highest BCUT2D eigenvalue weighted by Crippen LogP contribution is 1.93. The normalized spacial score (nSPS) is 10.1. The number of hydrogen-bond donors (Lipinski definition) is 2. The molecule has 0 aromatic heterocycles. The van der Waals surface area contributed by atoms with E-state index >= 15 is 0 Å². The van der Waals surface area contributed by atoms with Crippen LogP contribution in [0.25, 0.3) is 0 Å². The molecule has 0 rings (SSSR count). The van der Waals surface area contributed by atoms with Gasteiger partial charge in [0.2, 0.25) is 0 Å². The highest BCUT2D eigenvalue weighted by Gasteiger charge is 2.04. The zero-order valence-corrected chi connectivity index (χ0v) is 9.26. The minimum absolute atomic E-state index is 0.0359. The van der Waals surface area contributed by atoms with Gasteiger partial charge < -0.3 is 14.9 Å². The summed E-state index contributed by atoms with van der Waals surface area (Å²) in [7, 11) is 0. The Kier molecular flexibility index (Phi) is 9.61. The molecule has 0 aromatic rings.